The Morgan fingerprint density at radius 1 is 0.903 bits per heavy atom. The Bertz CT molecular complexity index is 1210. The van der Waals surface area contributed by atoms with Gasteiger partial charge in [0.1, 0.15) is 5.82 Å². The normalized spacial score (nSPS) is 14.1. The molecule has 158 valence electrons. The molecule has 0 radical (unpaired) electrons. The van der Waals surface area contributed by atoms with Crippen LogP contribution in [0.25, 0.3) is 5.57 Å². The molecule has 1 aliphatic heterocycles. The van der Waals surface area contributed by atoms with Crippen LogP contribution in [0.2, 0.25) is 0 Å². The maximum atomic E-state index is 13.0. The van der Waals surface area contributed by atoms with Crippen LogP contribution in [0.3, 0.4) is 0 Å². The summed E-state index contributed by atoms with van der Waals surface area (Å²) >= 11 is 0. The fourth-order valence-electron chi connectivity index (χ4n) is 3.46. The summed E-state index contributed by atoms with van der Waals surface area (Å²) in [5, 5.41) is 0. The van der Waals surface area contributed by atoms with Crippen LogP contribution in [0.4, 0.5) is 10.1 Å². The maximum Gasteiger partial charge on any atom is 0.261 e. The van der Waals surface area contributed by atoms with Crippen LogP contribution in [0.5, 0.6) is 0 Å². The number of hydrogen-bond donors (Lipinski definition) is 1. The maximum absolute atomic E-state index is 13.0. The molecule has 3 aromatic rings. The highest BCUT2D eigenvalue weighted by atomic mass is 32.2. The summed E-state index contributed by atoms with van der Waals surface area (Å²) in [4.78, 5) is 14.5. The second-order valence-electron chi connectivity index (χ2n) is 7.23. The number of halogens is 1. The number of nitrogens with one attached hydrogen (secondary N) is 1. The molecule has 0 aromatic heterocycles. The number of benzene rings is 3. The summed E-state index contributed by atoms with van der Waals surface area (Å²) in [7, 11) is -3.84. The molecule has 0 fully saturated rings. The predicted octanol–water partition coefficient (Wildman–Crippen LogP) is 4.56. The van der Waals surface area contributed by atoms with E-state index in [0.717, 1.165) is 18.6 Å². The lowest BCUT2D eigenvalue weighted by molar-refractivity contribution is 0.0773. The van der Waals surface area contributed by atoms with Crippen molar-refractivity contribution in [1.82, 2.24) is 4.90 Å². The standard InChI is InChI=1S/C24H21FN2O3S/c25-21-8-12-23(13-9-21)31(29,30)26-22-10-6-20(7-11-22)24(28)27-16-14-19(15-17-27)18-4-2-1-3-5-18/h1-14,26H,15-17H2. The van der Waals surface area contributed by atoms with E-state index in [4.69, 9.17) is 0 Å². The van der Waals surface area contributed by atoms with Gasteiger partial charge in [0.05, 0.1) is 4.90 Å². The molecule has 31 heavy (non-hydrogen) atoms. The zero-order valence-corrected chi connectivity index (χ0v) is 17.5. The van der Waals surface area contributed by atoms with E-state index in [2.05, 4.69) is 22.9 Å². The van der Waals surface area contributed by atoms with E-state index in [1.807, 2.05) is 18.2 Å². The minimum atomic E-state index is -3.84. The Kier molecular flexibility index (Phi) is 5.86. The molecule has 3 aromatic carbocycles. The number of hydrogen-bond acceptors (Lipinski definition) is 3. The predicted molar refractivity (Wildman–Crippen MR) is 119 cm³/mol. The Morgan fingerprint density at radius 3 is 2.19 bits per heavy atom. The van der Waals surface area contributed by atoms with Gasteiger partial charge in [-0.2, -0.15) is 0 Å². The molecule has 0 saturated heterocycles. The van der Waals surface area contributed by atoms with Crippen molar-refractivity contribution in [2.24, 2.45) is 0 Å². The van der Waals surface area contributed by atoms with Gasteiger partial charge in [-0.3, -0.25) is 9.52 Å². The number of sulfonamides is 1. The number of carbonyl (C=O) groups excluding carboxylic acids is 1. The number of carbonyl (C=O) groups is 1. The molecular weight excluding hydrogens is 415 g/mol. The van der Waals surface area contributed by atoms with Crippen LogP contribution in [0.15, 0.2) is 89.8 Å². The summed E-state index contributed by atoms with van der Waals surface area (Å²) < 4.78 is 40.3. The van der Waals surface area contributed by atoms with Crippen molar-refractivity contribution in [2.45, 2.75) is 11.3 Å². The van der Waals surface area contributed by atoms with Gasteiger partial charge in [0.15, 0.2) is 0 Å². The van der Waals surface area contributed by atoms with E-state index >= 15 is 0 Å². The van der Waals surface area contributed by atoms with Crippen LogP contribution in [-0.2, 0) is 10.0 Å². The van der Waals surface area contributed by atoms with Crippen molar-refractivity contribution in [3.8, 4) is 0 Å². The topological polar surface area (TPSA) is 66.5 Å². The third-order valence-electron chi connectivity index (χ3n) is 5.15. The highest BCUT2D eigenvalue weighted by Crippen LogP contribution is 2.23. The summed E-state index contributed by atoms with van der Waals surface area (Å²) in [5.41, 5.74) is 3.22. The van der Waals surface area contributed by atoms with Crippen molar-refractivity contribution >= 4 is 27.2 Å². The molecule has 4 rings (SSSR count). The van der Waals surface area contributed by atoms with Gasteiger partial charge in [-0.15, -0.1) is 0 Å². The van der Waals surface area contributed by atoms with E-state index in [9.17, 15) is 17.6 Å². The van der Waals surface area contributed by atoms with Crippen molar-refractivity contribution in [2.75, 3.05) is 17.8 Å². The van der Waals surface area contributed by atoms with Crippen LogP contribution < -0.4 is 4.72 Å². The Hall–Kier alpha value is -3.45. The van der Waals surface area contributed by atoms with Crippen LogP contribution in [0, 0.1) is 5.82 Å². The first kappa shape index (κ1) is 20.8. The minimum absolute atomic E-state index is 0.0385. The van der Waals surface area contributed by atoms with Gasteiger partial charge in [0.25, 0.3) is 15.9 Å². The van der Waals surface area contributed by atoms with E-state index in [1.165, 1.54) is 23.3 Å². The first-order chi connectivity index (χ1) is 14.9. The highest BCUT2D eigenvalue weighted by Gasteiger charge is 2.20. The monoisotopic (exact) mass is 436 g/mol. The lowest BCUT2D eigenvalue weighted by Gasteiger charge is -2.27. The minimum Gasteiger partial charge on any atom is -0.335 e. The summed E-state index contributed by atoms with van der Waals surface area (Å²) in [6, 6.07) is 21.0. The first-order valence-corrected chi connectivity index (χ1v) is 11.3. The Labute approximate surface area is 180 Å². The molecule has 0 unspecified atom stereocenters. The molecule has 0 aliphatic carbocycles. The quantitative estimate of drug-likeness (QED) is 0.638. The molecule has 1 aliphatic rings. The van der Waals surface area contributed by atoms with Crippen LogP contribution in [-0.4, -0.2) is 32.3 Å². The average molecular weight is 437 g/mol. The molecular formula is C24H21FN2O3S. The molecule has 0 atom stereocenters. The largest absolute Gasteiger partial charge is 0.335 e. The van der Waals surface area contributed by atoms with Gasteiger partial charge in [0, 0.05) is 24.3 Å². The molecule has 7 heteroatoms. The second kappa shape index (κ2) is 8.73. The van der Waals surface area contributed by atoms with Crippen LogP contribution >= 0.6 is 0 Å². The fourth-order valence-corrected chi connectivity index (χ4v) is 4.52. The SMILES string of the molecule is O=C(c1ccc(NS(=O)(=O)c2ccc(F)cc2)cc1)N1CC=C(c2ccccc2)CC1. The number of amides is 1. The molecule has 1 amide bonds. The number of nitrogens with zero attached hydrogens (tertiary/aromatic N) is 1. The molecule has 0 spiro atoms. The van der Waals surface area contributed by atoms with Crippen molar-refractivity contribution in [1.29, 1.82) is 0 Å². The Balaban J connectivity index is 1.42. The number of rotatable bonds is 5. The lowest BCUT2D eigenvalue weighted by atomic mass is 9.99. The molecule has 0 saturated carbocycles. The summed E-state index contributed by atoms with van der Waals surface area (Å²) in [6.07, 6.45) is 2.85. The molecule has 5 nitrogen and oxygen atoms in total. The van der Waals surface area contributed by atoms with Crippen LogP contribution in [0.1, 0.15) is 22.3 Å². The lowest BCUT2D eigenvalue weighted by Crippen LogP contribution is -2.34. The molecule has 1 N–H and O–H groups in total. The molecule has 0 bridgehead atoms. The zero-order chi connectivity index (χ0) is 21.8. The van der Waals surface area contributed by atoms with Gasteiger partial charge in [-0.1, -0.05) is 36.4 Å². The average Bonchev–Trinajstić information content (AvgIpc) is 2.80. The number of anilines is 1. The molecule has 1 heterocycles. The highest BCUT2D eigenvalue weighted by molar-refractivity contribution is 7.92. The summed E-state index contributed by atoms with van der Waals surface area (Å²) in [6.45, 7) is 1.15. The summed E-state index contributed by atoms with van der Waals surface area (Å²) in [5.74, 6) is -0.610. The van der Waals surface area contributed by atoms with Gasteiger partial charge >= 0.3 is 0 Å². The van der Waals surface area contributed by atoms with Crippen molar-refractivity contribution < 1.29 is 17.6 Å². The van der Waals surface area contributed by atoms with Gasteiger partial charge in [0.2, 0.25) is 0 Å². The van der Waals surface area contributed by atoms with E-state index in [0.29, 0.717) is 24.3 Å². The van der Waals surface area contributed by atoms with E-state index in [-0.39, 0.29) is 10.8 Å². The zero-order valence-electron chi connectivity index (χ0n) is 16.7. The van der Waals surface area contributed by atoms with Gasteiger partial charge < -0.3 is 4.90 Å². The van der Waals surface area contributed by atoms with Gasteiger partial charge in [-0.05, 0) is 66.1 Å². The fraction of sp³-hybridized carbons (Fsp3) is 0.125. The van der Waals surface area contributed by atoms with Crippen molar-refractivity contribution in [3.05, 3.63) is 102 Å². The third kappa shape index (κ3) is 4.83. The van der Waals surface area contributed by atoms with E-state index < -0.39 is 15.8 Å². The first-order valence-electron chi connectivity index (χ1n) is 9.84. The van der Waals surface area contributed by atoms with Gasteiger partial charge in [-0.25, -0.2) is 12.8 Å². The Morgan fingerprint density at radius 2 is 1.58 bits per heavy atom. The van der Waals surface area contributed by atoms with E-state index in [1.54, 1.807) is 29.2 Å². The smallest absolute Gasteiger partial charge is 0.261 e. The third-order valence-corrected chi connectivity index (χ3v) is 6.55. The second-order valence-corrected chi connectivity index (χ2v) is 8.92. The van der Waals surface area contributed by atoms with Crippen molar-refractivity contribution in [3.63, 3.8) is 0 Å².